The number of rotatable bonds is 3. The largest absolute Gasteiger partial charge is 0.434 e. The minimum atomic E-state index is -0.932. The predicted octanol–water partition coefficient (Wildman–Crippen LogP) is 0.711. The van der Waals surface area contributed by atoms with E-state index >= 15 is 0 Å². The van der Waals surface area contributed by atoms with E-state index in [4.69, 9.17) is 17.3 Å². The van der Waals surface area contributed by atoms with Crippen molar-refractivity contribution in [3.8, 4) is 0 Å². The first-order valence-electron chi connectivity index (χ1n) is 7.13. The van der Waals surface area contributed by atoms with Crippen LogP contribution in [0.15, 0.2) is 24.3 Å². The zero-order valence-corrected chi connectivity index (χ0v) is 13.2. The van der Waals surface area contributed by atoms with Crippen molar-refractivity contribution in [3.63, 3.8) is 0 Å². The second kappa shape index (κ2) is 8.00. The first kappa shape index (κ1) is 17.3. The Morgan fingerprint density at radius 2 is 2.04 bits per heavy atom. The molecule has 0 aliphatic carbocycles. The SMILES string of the molecule is NC(=O)NOC(=O)N1CCN(C(CO)c2cccc(Cl)c2)CC1. The van der Waals surface area contributed by atoms with Crippen LogP contribution in [0.5, 0.6) is 0 Å². The average molecular weight is 343 g/mol. The van der Waals surface area contributed by atoms with Gasteiger partial charge in [-0.25, -0.2) is 9.59 Å². The van der Waals surface area contributed by atoms with E-state index in [-0.39, 0.29) is 12.6 Å². The number of carbonyl (C=O) groups is 2. The van der Waals surface area contributed by atoms with Gasteiger partial charge in [0.2, 0.25) is 0 Å². The molecular weight excluding hydrogens is 324 g/mol. The van der Waals surface area contributed by atoms with E-state index in [9.17, 15) is 14.7 Å². The highest BCUT2D eigenvalue weighted by molar-refractivity contribution is 6.30. The number of benzene rings is 1. The summed E-state index contributed by atoms with van der Waals surface area (Å²) in [7, 11) is 0. The molecule has 9 heteroatoms. The molecule has 4 N–H and O–H groups in total. The lowest BCUT2D eigenvalue weighted by atomic mass is 10.1. The van der Waals surface area contributed by atoms with E-state index in [1.807, 2.05) is 18.2 Å². The van der Waals surface area contributed by atoms with Gasteiger partial charge in [-0.2, -0.15) is 5.48 Å². The summed E-state index contributed by atoms with van der Waals surface area (Å²) in [6.45, 7) is 1.90. The van der Waals surface area contributed by atoms with E-state index in [0.717, 1.165) is 5.56 Å². The smallest absolute Gasteiger partial charge is 0.394 e. The van der Waals surface area contributed by atoms with Crippen molar-refractivity contribution < 1.29 is 19.5 Å². The number of piperazine rings is 1. The highest BCUT2D eigenvalue weighted by Gasteiger charge is 2.27. The molecular formula is C14H19ClN4O4. The quantitative estimate of drug-likeness (QED) is 0.701. The van der Waals surface area contributed by atoms with Crippen LogP contribution in [0.25, 0.3) is 0 Å². The summed E-state index contributed by atoms with van der Waals surface area (Å²) in [5.74, 6) is 0. The third kappa shape index (κ3) is 4.72. The Balaban J connectivity index is 1.92. The molecule has 1 saturated heterocycles. The van der Waals surface area contributed by atoms with Gasteiger partial charge in [0.25, 0.3) is 0 Å². The zero-order valence-electron chi connectivity index (χ0n) is 12.4. The minimum Gasteiger partial charge on any atom is -0.394 e. The molecule has 1 aliphatic rings. The number of nitrogens with one attached hydrogen (secondary N) is 1. The van der Waals surface area contributed by atoms with Gasteiger partial charge >= 0.3 is 12.1 Å². The van der Waals surface area contributed by atoms with Crippen molar-refractivity contribution in [1.82, 2.24) is 15.3 Å². The topological polar surface area (TPSA) is 108 Å². The lowest BCUT2D eigenvalue weighted by molar-refractivity contribution is 0.0341. The Kier molecular flexibility index (Phi) is 6.03. The number of amides is 3. The van der Waals surface area contributed by atoms with E-state index < -0.39 is 12.1 Å². The Morgan fingerprint density at radius 3 is 2.61 bits per heavy atom. The fourth-order valence-corrected chi connectivity index (χ4v) is 2.72. The lowest BCUT2D eigenvalue weighted by Gasteiger charge is -2.38. The van der Waals surface area contributed by atoms with E-state index in [1.165, 1.54) is 4.90 Å². The number of halogens is 1. The monoisotopic (exact) mass is 342 g/mol. The van der Waals surface area contributed by atoms with Crippen molar-refractivity contribution in [2.24, 2.45) is 5.73 Å². The molecule has 1 aromatic rings. The molecule has 1 atom stereocenters. The molecule has 0 aromatic heterocycles. The van der Waals surface area contributed by atoms with E-state index in [1.54, 1.807) is 11.5 Å². The molecule has 0 bridgehead atoms. The summed E-state index contributed by atoms with van der Waals surface area (Å²) < 4.78 is 0. The Hall–Kier alpha value is -2.03. The van der Waals surface area contributed by atoms with Crippen LogP contribution in [0.4, 0.5) is 9.59 Å². The van der Waals surface area contributed by atoms with Gasteiger partial charge in [0, 0.05) is 31.2 Å². The van der Waals surface area contributed by atoms with Crippen LogP contribution in [0, 0.1) is 0 Å². The Bertz CT molecular complexity index is 563. The minimum absolute atomic E-state index is 0.0476. The van der Waals surface area contributed by atoms with Gasteiger partial charge in [0.15, 0.2) is 0 Å². The molecule has 1 fully saturated rings. The number of carbonyl (C=O) groups excluding carboxylic acids is 2. The van der Waals surface area contributed by atoms with Crippen LogP contribution in [-0.4, -0.2) is 59.8 Å². The normalized spacial score (nSPS) is 16.7. The van der Waals surface area contributed by atoms with Gasteiger partial charge in [-0.3, -0.25) is 4.90 Å². The van der Waals surface area contributed by atoms with Crippen molar-refractivity contribution in [3.05, 3.63) is 34.9 Å². The molecule has 8 nitrogen and oxygen atoms in total. The lowest BCUT2D eigenvalue weighted by Crippen LogP contribution is -2.51. The van der Waals surface area contributed by atoms with Crippen molar-refractivity contribution in [1.29, 1.82) is 0 Å². The number of hydroxylamine groups is 1. The van der Waals surface area contributed by atoms with Gasteiger partial charge < -0.3 is 20.6 Å². The first-order valence-corrected chi connectivity index (χ1v) is 7.50. The third-order valence-corrected chi connectivity index (χ3v) is 3.89. The fraction of sp³-hybridized carbons (Fsp3) is 0.429. The van der Waals surface area contributed by atoms with Gasteiger partial charge in [-0.05, 0) is 17.7 Å². The number of urea groups is 1. The Labute approximate surface area is 138 Å². The maximum atomic E-state index is 11.7. The van der Waals surface area contributed by atoms with Gasteiger partial charge in [0.1, 0.15) is 0 Å². The molecule has 1 unspecified atom stereocenters. The molecule has 126 valence electrons. The van der Waals surface area contributed by atoms with Crippen molar-refractivity contribution in [2.45, 2.75) is 6.04 Å². The summed E-state index contributed by atoms with van der Waals surface area (Å²) in [5, 5.41) is 10.3. The maximum absolute atomic E-state index is 11.7. The summed E-state index contributed by atoms with van der Waals surface area (Å²) in [6.07, 6.45) is -0.660. The van der Waals surface area contributed by atoms with Crippen LogP contribution in [-0.2, 0) is 4.84 Å². The number of nitrogens with two attached hydrogens (primary N) is 1. The molecule has 0 spiro atoms. The third-order valence-electron chi connectivity index (χ3n) is 3.66. The molecule has 1 aliphatic heterocycles. The number of nitrogens with zero attached hydrogens (tertiary/aromatic N) is 2. The number of aliphatic hydroxyl groups excluding tert-OH is 1. The van der Waals surface area contributed by atoms with Crippen molar-refractivity contribution in [2.75, 3.05) is 32.8 Å². The second-order valence-electron chi connectivity index (χ2n) is 5.11. The highest BCUT2D eigenvalue weighted by atomic mass is 35.5. The number of primary amides is 1. The molecule has 23 heavy (non-hydrogen) atoms. The van der Waals surface area contributed by atoms with Gasteiger partial charge in [-0.15, -0.1) is 0 Å². The van der Waals surface area contributed by atoms with Crippen LogP contribution < -0.4 is 11.2 Å². The molecule has 0 saturated carbocycles. The zero-order chi connectivity index (χ0) is 16.8. The van der Waals surface area contributed by atoms with Crippen LogP contribution in [0.2, 0.25) is 5.02 Å². The highest BCUT2D eigenvalue weighted by Crippen LogP contribution is 2.24. The summed E-state index contributed by atoms with van der Waals surface area (Å²) in [4.78, 5) is 30.3. The van der Waals surface area contributed by atoms with Crippen LogP contribution in [0.3, 0.4) is 0 Å². The molecule has 0 radical (unpaired) electrons. The number of hydrogen-bond donors (Lipinski definition) is 3. The number of hydrogen-bond acceptors (Lipinski definition) is 5. The van der Waals surface area contributed by atoms with Crippen molar-refractivity contribution >= 4 is 23.7 Å². The standard InChI is InChI=1S/C14H19ClN4O4/c15-11-3-1-2-10(8-11)12(9-20)18-4-6-19(7-5-18)14(22)23-17-13(16)21/h1-3,8,12,20H,4-7,9H2,(H3,16,17,21). The van der Waals surface area contributed by atoms with Crippen LogP contribution >= 0.6 is 11.6 Å². The molecule has 2 rings (SSSR count). The average Bonchev–Trinajstić information content (AvgIpc) is 2.54. The first-order chi connectivity index (χ1) is 11.0. The summed E-state index contributed by atoms with van der Waals surface area (Å²) in [5.41, 5.74) is 7.56. The number of aliphatic hydroxyl groups is 1. The predicted molar refractivity (Wildman–Crippen MR) is 83.6 cm³/mol. The second-order valence-corrected chi connectivity index (χ2v) is 5.55. The molecule has 1 heterocycles. The maximum Gasteiger partial charge on any atom is 0.434 e. The molecule has 3 amide bonds. The summed E-state index contributed by atoms with van der Waals surface area (Å²) in [6, 6.07) is 6.22. The van der Waals surface area contributed by atoms with Gasteiger partial charge in [0.05, 0.1) is 12.6 Å². The fourth-order valence-electron chi connectivity index (χ4n) is 2.52. The Morgan fingerprint density at radius 1 is 1.35 bits per heavy atom. The van der Waals surface area contributed by atoms with Gasteiger partial charge in [-0.1, -0.05) is 23.7 Å². The molecule has 1 aromatic carbocycles. The van der Waals surface area contributed by atoms with Crippen LogP contribution in [0.1, 0.15) is 11.6 Å². The summed E-state index contributed by atoms with van der Waals surface area (Å²) >= 11 is 6.00. The van der Waals surface area contributed by atoms with E-state index in [2.05, 4.69) is 9.74 Å². The van der Waals surface area contributed by atoms with E-state index in [0.29, 0.717) is 31.2 Å².